The zero-order chi connectivity index (χ0) is 14.6. The highest BCUT2D eigenvalue weighted by atomic mass is 35.5. The van der Waals surface area contributed by atoms with Crippen LogP contribution in [-0.4, -0.2) is 11.4 Å². The van der Waals surface area contributed by atoms with Gasteiger partial charge in [-0.05, 0) is 31.0 Å². The van der Waals surface area contributed by atoms with Crippen molar-refractivity contribution in [3.63, 3.8) is 0 Å². The molecule has 0 atom stereocenters. The zero-order valence-electron chi connectivity index (χ0n) is 11.1. The number of rotatable bonds is 2. The van der Waals surface area contributed by atoms with Crippen molar-refractivity contribution in [2.45, 2.75) is 44.1 Å². The molecule has 1 amide bonds. The minimum Gasteiger partial charge on any atom is -0.334 e. The van der Waals surface area contributed by atoms with Crippen LogP contribution in [0.25, 0.3) is 0 Å². The van der Waals surface area contributed by atoms with E-state index in [0.717, 1.165) is 31.7 Å². The predicted octanol–water partition coefficient (Wildman–Crippen LogP) is 3.83. The molecule has 3 nitrogen and oxygen atoms in total. The van der Waals surface area contributed by atoms with Crippen molar-refractivity contribution in [1.82, 2.24) is 5.32 Å². The van der Waals surface area contributed by atoms with Crippen LogP contribution >= 0.6 is 11.6 Å². The lowest BCUT2D eigenvalue weighted by Crippen LogP contribution is -2.47. The first-order valence-corrected chi connectivity index (χ1v) is 7.13. The number of amides is 1. The van der Waals surface area contributed by atoms with Crippen LogP contribution in [0, 0.1) is 17.1 Å². The number of benzene rings is 1. The van der Waals surface area contributed by atoms with Crippen LogP contribution in [0.2, 0.25) is 5.02 Å². The van der Waals surface area contributed by atoms with Crippen molar-refractivity contribution >= 4 is 17.5 Å². The Labute approximate surface area is 122 Å². The highest BCUT2D eigenvalue weighted by Crippen LogP contribution is 2.27. The van der Waals surface area contributed by atoms with E-state index >= 15 is 0 Å². The number of hydrogen-bond acceptors (Lipinski definition) is 2. The van der Waals surface area contributed by atoms with Gasteiger partial charge in [-0.2, -0.15) is 5.26 Å². The fraction of sp³-hybridized carbons (Fsp3) is 0.467. The maximum absolute atomic E-state index is 13.7. The molecule has 20 heavy (non-hydrogen) atoms. The molecular weight excluding hydrogens is 279 g/mol. The minimum atomic E-state index is -0.875. The quantitative estimate of drug-likeness (QED) is 0.843. The van der Waals surface area contributed by atoms with Gasteiger partial charge in [0.2, 0.25) is 0 Å². The smallest absolute Gasteiger partial charge is 0.255 e. The number of nitrogens with one attached hydrogen (secondary N) is 1. The summed E-state index contributed by atoms with van der Waals surface area (Å²) in [6.45, 7) is 0. The molecule has 1 aliphatic rings. The molecule has 0 bridgehead atoms. The van der Waals surface area contributed by atoms with Gasteiger partial charge in [0.15, 0.2) is 0 Å². The number of nitriles is 1. The number of carbonyl (C=O) groups excluding carboxylic acids is 1. The Bertz CT molecular complexity index is 545. The van der Waals surface area contributed by atoms with E-state index in [1.54, 1.807) is 0 Å². The lowest BCUT2D eigenvalue weighted by molar-refractivity contribution is 0.0909. The largest absolute Gasteiger partial charge is 0.334 e. The maximum Gasteiger partial charge on any atom is 0.255 e. The van der Waals surface area contributed by atoms with Gasteiger partial charge in [0.05, 0.1) is 11.6 Å². The third-order valence-electron chi connectivity index (χ3n) is 3.70. The van der Waals surface area contributed by atoms with Gasteiger partial charge >= 0.3 is 0 Å². The van der Waals surface area contributed by atoms with Crippen molar-refractivity contribution in [3.8, 4) is 6.07 Å². The van der Waals surface area contributed by atoms with Crippen molar-refractivity contribution in [2.24, 2.45) is 0 Å². The summed E-state index contributed by atoms with van der Waals surface area (Å²) in [4.78, 5) is 12.2. The van der Waals surface area contributed by atoms with E-state index in [2.05, 4.69) is 11.4 Å². The first-order valence-electron chi connectivity index (χ1n) is 6.75. The first-order chi connectivity index (χ1) is 9.56. The fourth-order valence-corrected chi connectivity index (χ4v) is 2.71. The predicted molar refractivity (Wildman–Crippen MR) is 74.9 cm³/mol. The van der Waals surface area contributed by atoms with E-state index in [4.69, 9.17) is 11.6 Å². The SMILES string of the molecule is N#CC1(NC(=O)c2ccc(Cl)cc2F)CCCCCC1. The molecule has 2 rings (SSSR count). The Morgan fingerprint density at radius 2 is 1.95 bits per heavy atom. The molecule has 0 radical (unpaired) electrons. The van der Waals surface area contributed by atoms with Crippen LogP contribution in [0.15, 0.2) is 18.2 Å². The fourth-order valence-electron chi connectivity index (χ4n) is 2.56. The van der Waals surface area contributed by atoms with Crippen LogP contribution in [0.3, 0.4) is 0 Å². The molecule has 106 valence electrons. The van der Waals surface area contributed by atoms with Crippen LogP contribution in [0.4, 0.5) is 4.39 Å². The second kappa shape index (κ2) is 6.23. The molecule has 0 aromatic heterocycles. The maximum atomic E-state index is 13.7. The summed E-state index contributed by atoms with van der Waals surface area (Å²) in [6.07, 6.45) is 5.16. The summed E-state index contributed by atoms with van der Waals surface area (Å²) in [5.41, 5.74) is -0.951. The normalized spacial score (nSPS) is 17.9. The summed E-state index contributed by atoms with van der Waals surface area (Å²) in [7, 11) is 0. The molecular formula is C15H16ClFN2O. The standard InChI is InChI=1S/C15H16ClFN2O/c16-11-5-6-12(13(17)9-11)14(20)19-15(10-18)7-3-1-2-4-8-15/h5-6,9H,1-4,7-8H2,(H,19,20). The molecule has 1 aromatic carbocycles. The zero-order valence-corrected chi connectivity index (χ0v) is 11.8. The van der Waals surface area contributed by atoms with Crippen LogP contribution in [0.1, 0.15) is 48.9 Å². The van der Waals surface area contributed by atoms with Gasteiger partial charge in [0, 0.05) is 5.02 Å². The number of halogens is 2. The van der Waals surface area contributed by atoms with Crippen molar-refractivity contribution in [3.05, 3.63) is 34.6 Å². The number of nitrogens with zero attached hydrogens (tertiary/aromatic N) is 1. The topological polar surface area (TPSA) is 52.9 Å². The van der Waals surface area contributed by atoms with Gasteiger partial charge in [-0.25, -0.2) is 4.39 Å². The lowest BCUT2D eigenvalue weighted by Gasteiger charge is -2.26. The second-order valence-electron chi connectivity index (χ2n) is 5.19. The van der Waals surface area contributed by atoms with Crippen molar-refractivity contribution in [1.29, 1.82) is 5.26 Å². The molecule has 5 heteroatoms. The average Bonchev–Trinajstić information content (AvgIpc) is 2.64. The van der Waals surface area contributed by atoms with Crippen molar-refractivity contribution < 1.29 is 9.18 Å². The molecule has 0 saturated heterocycles. The van der Waals surface area contributed by atoms with E-state index in [1.165, 1.54) is 12.1 Å². The van der Waals surface area contributed by atoms with Crippen LogP contribution in [-0.2, 0) is 0 Å². The molecule has 1 saturated carbocycles. The molecule has 0 heterocycles. The highest BCUT2D eigenvalue weighted by molar-refractivity contribution is 6.30. The molecule has 0 unspecified atom stereocenters. The molecule has 1 aliphatic carbocycles. The summed E-state index contributed by atoms with van der Waals surface area (Å²) in [6, 6.07) is 6.11. The van der Waals surface area contributed by atoms with E-state index in [1.807, 2.05) is 0 Å². The van der Waals surface area contributed by atoms with Gasteiger partial charge in [-0.1, -0.05) is 37.3 Å². The third kappa shape index (κ3) is 3.29. The minimum absolute atomic E-state index is 0.0757. The van der Waals surface area contributed by atoms with Gasteiger partial charge in [0.25, 0.3) is 5.91 Å². The number of hydrogen-bond donors (Lipinski definition) is 1. The van der Waals surface area contributed by atoms with E-state index in [0.29, 0.717) is 12.8 Å². The second-order valence-corrected chi connectivity index (χ2v) is 5.62. The Kier molecular flexibility index (Phi) is 4.61. The van der Waals surface area contributed by atoms with E-state index in [9.17, 15) is 14.4 Å². The van der Waals surface area contributed by atoms with E-state index in [-0.39, 0.29) is 10.6 Å². The molecule has 1 fully saturated rings. The van der Waals surface area contributed by atoms with Gasteiger partial charge in [-0.3, -0.25) is 4.79 Å². The molecule has 1 N–H and O–H groups in total. The highest BCUT2D eigenvalue weighted by Gasteiger charge is 2.33. The monoisotopic (exact) mass is 294 g/mol. The number of carbonyl (C=O) groups is 1. The summed E-state index contributed by atoms with van der Waals surface area (Å²) < 4.78 is 13.7. The van der Waals surface area contributed by atoms with Crippen molar-refractivity contribution in [2.75, 3.05) is 0 Å². The molecule has 0 spiro atoms. The Hall–Kier alpha value is -1.60. The first kappa shape index (κ1) is 14.8. The van der Waals surface area contributed by atoms with Crippen LogP contribution in [0.5, 0.6) is 0 Å². The molecule has 1 aromatic rings. The lowest BCUT2D eigenvalue weighted by atomic mass is 9.91. The van der Waals surface area contributed by atoms with Gasteiger partial charge in [-0.15, -0.1) is 0 Å². The Morgan fingerprint density at radius 1 is 1.30 bits per heavy atom. The summed E-state index contributed by atoms with van der Waals surface area (Å²) in [5.74, 6) is -1.22. The Balaban J connectivity index is 2.18. The van der Waals surface area contributed by atoms with Gasteiger partial charge < -0.3 is 5.32 Å². The average molecular weight is 295 g/mol. The summed E-state index contributed by atoms with van der Waals surface area (Å²) >= 11 is 5.67. The summed E-state index contributed by atoms with van der Waals surface area (Å²) in [5, 5.41) is 12.4. The third-order valence-corrected chi connectivity index (χ3v) is 3.93. The van der Waals surface area contributed by atoms with Gasteiger partial charge in [0.1, 0.15) is 11.4 Å². The van der Waals surface area contributed by atoms with E-state index < -0.39 is 17.3 Å². The molecule has 0 aliphatic heterocycles. The van der Waals surface area contributed by atoms with Crippen LogP contribution < -0.4 is 5.32 Å². The Morgan fingerprint density at radius 3 is 2.50 bits per heavy atom.